The van der Waals surface area contributed by atoms with Gasteiger partial charge < -0.3 is 15.5 Å². The van der Waals surface area contributed by atoms with Gasteiger partial charge in [0.1, 0.15) is 0 Å². The molecule has 2 atom stereocenters. The van der Waals surface area contributed by atoms with Crippen molar-refractivity contribution >= 4 is 5.91 Å². The zero-order valence-corrected chi connectivity index (χ0v) is 13.3. The minimum absolute atomic E-state index is 0.238. The molecule has 1 rings (SSSR count). The van der Waals surface area contributed by atoms with Crippen LogP contribution >= 0.6 is 0 Å². The van der Waals surface area contributed by atoms with E-state index in [1.165, 1.54) is 0 Å². The number of hydrogen-bond donors (Lipinski definition) is 1. The molecule has 4 nitrogen and oxygen atoms in total. The van der Waals surface area contributed by atoms with Gasteiger partial charge in [0.05, 0.1) is 5.41 Å². The zero-order chi connectivity index (χ0) is 14.6. The molecule has 2 N–H and O–H groups in total. The van der Waals surface area contributed by atoms with E-state index in [4.69, 9.17) is 5.73 Å². The number of piperidine rings is 1. The molecule has 0 bridgehead atoms. The van der Waals surface area contributed by atoms with E-state index >= 15 is 0 Å². The number of carbonyl (C=O) groups excluding carboxylic acids is 1. The average Bonchev–Trinajstić information content (AvgIpc) is 2.43. The quantitative estimate of drug-likeness (QED) is 0.826. The van der Waals surface area contributed by atoms with E-state index in [-0.39, 0.29) is 11.3 Å². The Hall–Kier alpha value is -0.610. The van der Waals surface area contributed by atoms with Crippen molar-refractivity contribution in [3.05, 3.63) is 0 Å². The molecule has 0 aromatic carbocycles. The van der Waals surface area contributed by atoms with Crippen molar-refractivity contribution in [2.24, 2.45) is 11.1 Å². The summed E-state index contributed by atoms with van der Waals surface area (Å²) in [5, 5.41) is 0. The highest BCUT2D eigenvalue weighted by molar-refractivity contribution is 5.83. The number of rotatable bonds is 5. The molecule has 1 fully saturated rings. The van der Waals surface area contributed by atoms with Crippen LogP contribution in [0.25, 0.3) is 0 Å². The normalized spacial score (nSPS) is 25.4. The molecule has 1 aliphatic rings. The summed E-state index contributed by atoms with van der Waals surface area (Å²) in [5.41, 5.74) is 5.53. The zero-order valence-electron chi connectivity index (χ0n) is 13.3. The molecule has 1 aliphatic heterocycles. The first kappa shape index (κ1) is 16.4. The van der Waals surface area contributed by atoms with Gasteiger partial charge >= 0.3 is 0 Å². The number of likely N-dealkylation sites (tertiary alicyclic amines) is 1. The summed E-state index contributed by atoms with van der Waals surface area (Å²) in [6.07, 6.45) is 3.78. The molecule has 0 aromatic heterocycles. The Balaban J connectivity index is 2.76. The van der Waals surface area contributed by atoms with Crippen molar-refractivity contribution in [2.45, 2.75) is 58.5 Å². The van der Waals surface area contributed by atoms with Crippen molar-refractivity contribution in [2.75, 3.05) is 27.2 Å². The first-order chi connectivity index (χ1) is 8.91. The molecular weight excluding hydrogens is 238 g/mol. The van der Waals surface area contributed by atoms with Crippen molar-refractivity contribution in [1.29, 1.82) is 0 Å². The second kappa shape index (κ2) is 6.71. The van der Waals surface area contributed by atoms with Gasteiger partial charge in [-0.1, -0.05) is 13.8 Å². The molecule has 112 valence electrons. The predicted octanol–water partition coefficient (Wildman–Crippen LogP) is 1.69. The topological polar surface area (TPSA) is 49.6 Å². The Bertz CT molecular complexity index is 294. The molecule has 0 aromatic rings. The second-order valence-corrected chi connectivity index (χ2v) is 6.12. The number of amides is 1. The number of nitrogens with zero attached hydrogens (tertiary/aromatic N) is 2. The van der Waals surface area contributed by atoms with E-state index < -0.39 is 0 Å². The number of hydrogen-bond acceptors (Lipinski definition) is 3. The smallest absolute Gasteiger partial charge is 0.230 e. The molecule has 0 radical (unpaired) electrons. The van der Waals surface area contributed by atoms with Crippen LogP contribution in [0, 0.1) is 5.41 Å². The van der Waals surface area contributed by atoms with Gasteiger partial charge in [0.2, 0.25) is 5.91 Å². The lowest BCUT2D eigenvalue weighted by molar-refractivity contribution is -0.144. The van der Waals surface area contributed by atoms with Crippen molar-refractivity contribution in [1.82, 2.24) is 9.80 Å². The molecule has 4 heteroatoms. The predicted molar refractivity (Wildman–Crippen MR) is 80.0 cm³/mol. The van der Waals surface area contributed by atoms with Crippen LogP contribution in [0.3, 0.4) is 0 Å². The summed E-state index contributed by atoms with van der Waals surface area (Å²) in [7, 11) is 4.12. The summed E-state index contributed by atoms with van der Waals surface area (Å²) in [6, 6.07) is 0.909. The maximum absolute atomic E-state index is 12.8. The van der Waals surface area contributed by atoms with E-state index in [1.54, 1.807) is 0 Å². The number of nitrogens with two attached hydrogens (primary N) is 1. The molecular formula is C15H31N3O. The van der Waals surface area contributed by atoms with E-state index in [2.05, 4.69) is 32.7 Å². The Kier molecular flexibility index (Phi) is 5.81. The lowest BCUT2D eigenvalue weighted by Crippen LogP contribution is -2.53. The third kappa shape index (κ3) is 3.29. The van der Waals surface area contributed by atoms with Gasteiger partial charge in [-0.15, -0.1) is 0 Å². The lowest BCUT2D eigenvalue weighted by atomic mass is 9.80. The Morgan fingerprint density at radius 1 is 1.42 bits per heavy atom. The van der Waals surface area contributed by atoms with Crippen LogP contribution in [0.4, 0.5) is 0 Å². The maximum Gasteiger partial charge on any atom is 0.230 e. The van der Waals surface area contributed by atoms with Crippen LogP contribution in [0.5, 0.6) is 0 Å². The van der Waals surface area contributed by atoms with E-state index in [9.17, 15) is 4.79 Å². The van der Waals surface area contributed by atoms with E-state index in [0.717, 1.165) is 32.2 Å². The molecule has 0 aliphatic carbocycles. The van der Waals surface area contributed by atoms with Gasteiger partial charge in [-0.2, -0.15) is 0 Å². The molecule has 0 spiro atoms. The van der Waals surface area contributed by atoms with Crippen LogP contribution in [0.15, 0.2) is 0 Å². The largest absolute Gasteiger partial charge is 0.342 e. The summed E-state index contributed by atoms with van der Waals surface area (Å²) in [5.74, 6) is 0.238. The molecule has 1 heterocycles. The highest BCUT2D eigenvalue weighted by atomic mass is 16.2. The molecule has 19 heavy (non-hydrogen) atoms. The Morgan fingerprint density at radius 3 is 2.42 bits per heavy atom. The van der Waals surface area contributed by atoms with Crippen molar-refractivity contribution < 1.29 is 4.79 Å². The third-order valence-corrected chi connectivity index (χ3v) is 5.25. The molecule has 0 saturated carbocycles. The van der Waals surface area contributed by atoms with Gasteiger partial charge in [0.25, 0.3) is 0 Å². The minimum atomic E-state index is -0.360. The minimum Gasteiger partial charge on any atom is -0.342 e. The Morgan fingerprint density at radius 2 is 2.00 bits per heavy atom. The van der Waals surface area contributed by atoms with Crippen LogP contribution in [-0.4, -0.2) is 55.0 Å². The van der Waals surface area contributed by atoms with E-state index in [0.29, 0.717) is 18.6 Å². The van der Waals surface area contributed by atoms with Crippen LogP contribution < -0.4 is 5.73 Å². The highest BCUT2D eigenvalue weighted by Gasteiger charge is 2.38. The average molecular weight is 269 g/mol. The van der Waals surface area contributed by atoms with Crippen molar-refractivity contribution in [3.8, 4) is 0 Å². The SMILES string of the molecule is CCC(CC)(CN)C(=O)N(C)[C@@H]1CCN(C)[C@@H](C)C1. The first-order valence-corrected chi connectivity index (χ1v) is 7.59. The summed E-state index contributed by atoms with van der Waals surface area (Å²) >= 11 is 0. The van der Waals surface area contributed by atoms with E-state index in [1.807, 2.05) is 11.9 Å². The van der Waals surface area contributed by atoms with Crippen LogP contribution in [-0.2, 0) is 4.79 Å². The second-order valence-electron chi connectivity index (χ2n) is 6.12. The maximum atomic E-state index is 12.8. The molecule has 1 saturated heterocycles. The van der Waals surface area contributed by atoms with Gasteiger partial charge in [-0.25, -0.2) is 0 Å². The van der Waals surface area contributed by atoms with Gasteiger partial charge in [0.15, 0.2) is 0 Å². The van der Waals surface area contributed by atoms with Crippen molar-refractivity contribution in [3.63, 3.8) is 0 Å². The summed E-state index contributed by atoms with van der Waals surface area (Å²) in [4.78, 5) is 17.1. The lowest BCUT2D eigenvalue weighted by Gasteiger charge is -2.42. The third-order valence-electron chi connectivity index (χ3n) is 5.25. The molecule has 0 unspecified atom stereocenters. The standard InChI is InChI=1S/C15H31N3O/c1-6-15(7-2,11-16)14(19)18(5)13-8-9-17(4)12(3)10-13/h12-13H,6-11,16H2,1-5H3/t12-,13+/m0/s1. The monoisotopic (exact) mass is 269 g/mol. The fourth-order valence-corrected chi connectivity index (χ4v) is 3.08. The first-order valence-electron chi connectivity index (χ1n) is 7.59. The number of carbonyl (C=O) groups is 1. The molecule has 1 amide bonds. The van der Waals surface area contributed by atoms with Crippen LogP contribution in [0.2, 0.25) is 0 Å². The van der Waals surface area contributed by atoms with Crippen LogP contribution in [0.1, 0.15) is 46.5 Å². The van der Waals surface area contributed by atoms with Gasteiger partial charge in [-0.05, 0) is 39.7 Å². The fraction of sp³-hybridized carbons (Fsp3) is 0.933. The summed E-state index contributed by atoms with van der Waals surface area (Å²) in [6.45, 7) is 7.89. The fourth-order valence-electron chi connectivity index (χ4n) is 3.08. The van der Waals surface area contributed by atoms with Gasteiger partial charge in [0, 0.05) is 32.2 Å². The summed E-state index contributed by atoms with van der Waals surface area (Å²) < 4.78 is 0. The Labute approximate surface area is 118 Å². The van der Waals surface area contributed by atoms with Gasteiger partial charge in [-0.3, -0.25) is 4.79 Å². The highest BCUT2D eigenvalue weighted by Crippen LogP contribution is 2.30.